The maximum atomic E-state index is 11.5. The van der Waals surface area contributed by atoms with Crippen molar-refractivity contribution in [2.24, 2.45) is 0 Å². The Kier molecular flexibility index (Phi) is 3.47. The molecule has 0 fully saturated rings. The smallest absolute Gasteiger partial charge is 0.357 e. The fourth-order valence-corrected chi connectivity index (χ4v) is 1.16. The van der Waals surface area contributed by atoms with Crippen molar-refractivity contribution >= 4 is 11.9 Å². The molecule has 0 aliphatic carbocycles. The van der Waals surface area contributed by atoms with Crippen molar-refractivity contribution in [3.63, 3.8) is 0 Å². The molecule has 0 saturated heterocycles. The lowest BCUT2D eigenvalue weighted by molar-refractivity contribution is 0.0519. The van der Waals surface area contributed by atoms with Gasteiger partial charge in [-0.05, 0) is 13.0 Å². The van der Waals surface area contributed by atoms with Gasteiger partial charge in [-0.15, -0.1) is 0 Å². The highest BCUT2D eigenvalue weighted by atomic mass is 16.5. The molecule has 1 heterocycles. The number of rotatable bonds is 2. The third-order valence-corrected chi connectivity index (χ3v) is 2.00. The van der Waals surface area contributed by atoms with Crippen molar-refractivity contribution in [3.8, 4) is 0 Å². The summed E-state index contributed by atoms with van der Waals surface area (Å²) in [6.45, 7) is 8.03. The number of anilines is 1. The van der Waals surface area contributed by atoms with Crippen LogP contribution in [0.15, 0.2) is 6.07 Å². The van der Waals surface area contributed by atoms with Crippen molar-refractivity contribution < 1.29 is 9.53 Å². The van der Waals surface area contributed by atoms with Crippen molar-refractivity contribution in [1.82, 2.24) is 9.97 Å². The largest absolute Gasteiger partial charge is 0.461 e. The highest BCUT2D eigenvalue weighted by Crippen LogP contribution is 2.21. The maximum absolute atomic E-state index is 11.5. The maximum Gasteiger partial charge on any atom is 0.357 e. The zero-order chi connectivity index (χ0) is 12.3. The van der Waals surface area contributed by atoms with Gasteiger partial charge in [0.25, 0.3) is 0 Å². The lowest BCUT2D eigenvalue weighted by Crippen LogP contribution is -2.18. The van der Waals surface area contributed by atoms with Gasteiger partial charge in [0.15, 0.2) is 5.69 Å². The van der Waals surface area contributed by atoms with E-state index in [2.05, 4.69) is 9.97 Å². The fraction of sp³-hybridized carbons (Fsp3) is 0.545. The highest BCUT2D eigenvalue weighted by molar-refractivity contribution is 5.87. The van der Waals surface area contributed by atoms with E-state index in [0.29, 0.717) is 6.61 Å². The standard InChI is InChI=1S/C11H17N3O2/c1-5-16-9(15)7-6-8(11(2,3)4)14-10(12)13-7/h6H,5H2,1-4H3,(H2,12,13,14). The van der Waals surface area contributed by atoms with Gasteiger partial charge in [0, 0.05) is 5.41 Å². The van der Waals surface area contributed by atoms with Crippen LogP contribution in [0.4, 0.5) is 5.95 Å². The molecule has 1 aromatic heterocycles. The molecule has 0 radical (unpaired) electrons. The molecule has 5 heteroatoms. The normalized spacial score (nSPS) is 11.2. The summed E-state index contributed by atoms with van der Waals surface area (Å²) in [5.41, 5.74) is 6.31. The molecular formula is C11H17N3O2. The van der Waals surface area contributed by atoms with E-state index in [1.54, 1.807) is 13.0 Å². The monoisotopic (exact) mass is 223 g/mol. The number of carbonyl (C=O) groups excluding carboxylic acids is 1. The summed E-state index contributed by atoms with van der Waals surface area (Å²) < 4.78 is 4.87. The molecule has 0 spiro atoms. The zero-order valence-electron chi connectivity index (χ0n) is 10.1. The van der Waals surface area contributed by atoms with Crippen LogP contribution in [0.5, 0.6) is 0 Å². The molecule has 1 aromatic rings. The van der Waals surface area contributed by atoms with E-state index in [-0.39, 0.29) is 17.1 Å². The Morgan fingerprint density at radius 1 is 1.44 bits per heavy atom. The summed E-state index contributed by atoms with van der Waals surface area (Å²) in [4.78, 5) is 19.5. The summed E-state index contributed by atoms with van der Waals surface area (Å²) in [5.74, 6) is -0.377. The van der Waals surface area contributed by atoms with Crippen molar-refractivity contribution in [3.05, 3.63) is 17.5 Å². The van der Waals surface area contributed by atoms with E-state index in [4.69, 9.17) is 10.5 Å². The Morgan fingerprint density at radius 3 is 2.56 bits per heavy atom. The summed E-state index contributed by atoms with van der Waals surface area (Å²) >= 11 is 0. The van der Waals surface area contributed by atoms with Crippen LogP contribution in [-0.2, 0) is 10.2 Å². The number of nitrogens with two attached hydrogens (primary N) is 1. The minimum absolute atomic E-state index is 0.0930. The van der Waals surface area contributed by atoms with Crippen LogP contribution in [0.25, 0.3) is 0 Å². The Hall–Kier alpha value is -1.65. The molecule has 0 aliphatic rings. The molecule has 1 rings (SSSR count). The topological polar surface area (TPSA) is 78.1 Å². The SMILES string of the molecule is CCOC(=O)c1cc(C(C)(C)C)nc(N)n1. The predicted octanol–water partition coefficient (Wildman–Crippen LogP) is 1.53. The number of carbonyl (C=O) groups is 1. The number of ether oxygens (including phenoxy) is 1. The van der Waals surface area contributed by atoms with Crippen LogP contribution >= 0.6 is 0 Å². The van der Waals surface area contributed by atoms with E-state index in [0.717, 1.165) is 5.69 Å². The number of esters is 1. The molecule has 0 aromatic carbocycles. The first-order chi connectivity index (χ1) is 7.34. The minimum atomic E-state index is -0.470. The average Bonchev–Trinajstić information content (AvgIpc) is 2.16. The number of nitrogen functional groups attached to an aromatic ring is 1. The van der Waals surface area contributed by atoms with E-state index < -0.39 is 5.97 Å². The van der Waals surface area contributed by atoms with E-state index in [9.17, 15) is 4.79 Å². The Labute approximate surface area is 95.0 Å². The molecule has 0 bridgehead atoms. The van der Waals surface area contributed by atoms with Gasteiger partial charge < -0.3 is 10.5 Å². The van der Waals surface area contributed by atoms with Crippen LogP contribution in [0.3, 0.4) is 0 Å². The number of hydrogen-bond acceptors (Lipinski definition) is 5. The first-order valence-electron chi connectivity index (χ1n) is 5.16. The fourth-order valence-electron chi connectivity index (χ4n) is 1.16. The van der Waals surface area contributed by atoms with Crippen LogP contribution in [0, 0.1) is 0 Å². The Balaban J connectivity index is 3.13. The molecule has 0 aliphatic heterocycles. The zero-order valence-corrected chi connectivity index (χ0v) is 10.1. The second-order valence-corrected chi connectivity index (χ2v) is 4.47. The number of hydrogen-bond donors (Lipinski definition) is 1. The number of aromatic nitrogens is 2. The molecule has 5 nitrogen and oxygen atoms in total. The van der Waals surface area contributed by atoms with Gasteiger partial charge in [-0.2, -0.15) is 0 Å². The Bertz CT molecular complexity index is 397. The van der Waals surface area contributed by atoms with Gasteiger partial charge in [0.1, 0.15) is 0 Å². The second-order valence-electron chi connectivity index (χ2n) is 4.47. The lowest BCUT2D eigenvalue weighted by Gasteiger charge is -2.18. The number of nitrogens with zero attached hydrogens (tertiary/aromatic N) is 2. The third kappa shape index (κ3) is 2.92. The summed E-state index contributed by atoms with van der Waals surface area (Å²) in [7, 11) is 0. The van der Waals surface area contributed by atoms with Crippen LogP contribution in [-0.4, -0.2) is 22.5 Å². The molecule has 0 atom stereocenters. The van der Waals surface area contributed by atoms with Crippen molar-refractivity contribution in [2.45, 2.75) is 33.1 Å². The lowest BCUT2D eigenvalue weighted by atomic mass is 9.91. The molecule has 0 unspecified atom stereocenters. The molecule has 16 heavy (non-hydrogen) atoms. The van der Waals surface area contributed by atoms with Gasteiger partial charge in [0.05, 0.1) is 12.3 Å². The molecule has 88 valence electrons. The van der Waals surface area contributed by atoms with E-state index in [1.807, 2.05) is 20.8 Å². The predicted molar refractivity (Wildman–Crippen MR) is 61.1 cm³/mol. The van der Waals surface area contributed by atoms with Crippen molar-refractivity contribution in [2.75, 3.05) is 12.3 Å². The van der Waals surface area contributed by atoms with Gasteiger partial charge in [0.2, 0.25) is 5.95 Å². The highest BCUT2D eigenvalue weighted by Gasteiger charge is 2.20. The molecule has 0 saturated carbocycles. The second kappa shape index (κ2) is 4.47. The van der Waals surface area contributed by atoms with Gasteiger partial charge in [-0.25, -0.2) is 14.8 Å². The quantitative estimate of drug-likeness (QED) is 0.769. The van der Waals surface area contributed by atoms with Crippen LogP contribution < -0.4 is 5.73 Å². The first-order valence-corrected chi connectivity index (χ1v) is 5.16. The van der Waals surface area contributed by atoms with Crippen LogP contribution in [0.2, 0.25) is 0 Å². The first kappa shape index (κ1) is 12.4. The summed E-state index contributed by atoms with van der Waals surface area (Å²) in [6, 6.07) is 1.62. The van der Waals surface area contributed by atoms with E-state index >= 15 is 0 Å². The summed E-state index contributed by atoms with van der Waals surface area (Å²) in [5, 5.41) is 0. The Morgan fingerprint density at radius 2 is 2.06 bits per heavy atom. The molecule has 2 N–H and O–H groups in total. The van der Waals surface area contributed by atoms with E-state index in [1.165, 1.54) is 0 Å². The minimum Gasteiger partial charge on any atom is -0.461 e. The van der Waals surface area contributed by atoms with Gasteiger partial charge in [-0.3, -0.25) is 0 Å². The van der Waals surface area contributed by atoms with Crippen molar-refractivity contribution in [1.29, 1.82) is 0 Å². The third-order valence-electron chi connectivity index (χ3n) is 2.00. The molecular weight excluding hydrogens is 206 g/mol. The summed E-state index contributed by atoms with van der Waals surface area (Å²) in [6.07, 6.45) is 0. The van der Waals surface area contributed by atoms with Gasteiger partial charge >= 0.3 is 5.97 Å². The van der Waals surface area contributed by atoms with Crippen LogP contribution in [0.1, 0.15) is 43.9 Å². The van der Waals surface area contributed by atoms with Gasteiger partial charge in [-0.1, -0.05) is 20.8 Å². The molecule has 0 amide bonds. The average molecular weight is 223 g/mol.